The summed E-state index contributed by atoms with van der Waals surface area (Å²) < 4.78 is 5.78. The second-order valence-corrected chi connectivity index (χ2v) is 6.60. The van der Waals surface area contributed by atoms with E-state index in [2.05, 4.69) is 56.1 Å². The Hall–Kier alpha value is -0.970. The van der Waals surface area contributed by atoms with E-state index in [1.807, 2.05) is 0 Å². The highest BCUT2D eigenvalue weighted by atomic mass is 16.5. The molecular formula is C17H29N3O. The summed E-state index contributed by atoms with van der Waals surface area (Å²) >= 11 is 0. The molecule has 1 aliphatic heterocycles. The highest BCUT2D eigenvalue weighted by molar-refractivity contribution is 5.11. The van der Waals surface area contributed by atoms with Crippen LogP contribution in [-0.4, -0.2) is 41.7 Å². The lowest BCUT2D eigenvalue weighted by atomic mass is 10.2. The smallest absolute Gasteiger partial charge is 0.0678 e. The van der Waals surface area contributed by atoms with Crippen molar-refractivity contribution in [3.8, 4) is 0 Å². The van der Waals surface area contributed by atoms with Gasteiger partial charge in [0.1, 0.15) is 0 Å². The Labute approximate surface area is 128 Å². The number of morpholine rings is 1. The van der Waals surface area contributed by atoms with Gasteiger partial charge in [0.2, 0.25) is 0 Å². The molecule has 1 aromatic heterocycles. The van der Waals surface area contributed by atoms with E-state index >= 15 is 0 Å². The monoisotopic (exact) mass is 291 g/mol. The molecule has 4 nitrogen and oxygen atoms in total. The Bertz CT molecular complexity index is 426. The molecule has 4 heteroatoms. The SMILES string of the molecule is CC(C)CNCc1cccc(CN2C[C@@H](C)O[C@@H](C)C2)n1. The zero-order chi connectivity index (χ0) is 15.2. The third-order valence-electron chi connectivity index (χ3n) is 3.60. The van der Waals surface area contributed by atoms with Crippen LogP contribution < -0.4 is 5.32 Å². The van der Waals surface area contributed by atoms with Gasteiger partial charge in [0.05, 0.1) is 23.6 Å². The number of hydrogen-bond donors (Lipinski definition) is 1. The number of ether oxygens (including phenoxy) is 1. The average molecular weight is 291 g/mol. The number of hydrogen-bond acceptors (Lipinski definition) is 4. The van der Waals surface area contributed by atoms with Crippen LogP contribution in [0.1, 0.15) is 39.1 Å². The molecule has 0 radical (unpaired) electrons. The zero-order valence-electron chi connectivity index (χ0n) is 13.8. The van der Waals surface area contributed by atoms with Crippen molar-refractivity contribution in [3.05, 3.63) is 29.6 Å². The Morgan fingerprint density at radius 1 is 1.24 bits per heavy atom. The van der Waals surface area contributed by atoms with Crippen LogP contribution in [0.4, 0.5) is 0 Å². The van der Waals surface area contributed by atoms with Crippen molar-refractivity contribution in [3.63, 3.8) is 0 Å². The standard InChI is InChI=1S/C17H29N3O/c1-13(2)8-18-9-16-6-5-7-17(19-16)12-20-10-14(3)21-15(4)11-20/h5-7,13-15,18H,8-12H2,1-4H3/t14-,15+. The molecule has 0 bridgehead atoms. The molecule has 2 rings (SSSR count). The molecule has 2 heterocycles. The number of nitrogens with one attached hydrogen (secondary N) is 1. The third kappa shape index (κ3) is 5.73. The molecule has 1 aliphatic rings. The molecule has 1 N–H and O–H groups in total. The summed E-state index contributed by atoms with van der Waals surface area (Å²) in [4.78, 5) is 7.21. The number of rotatable bonds is 6. The van der Waals surface area contributed by atoms with Crippen LogP contribution >= 0.6 is 0 Å². The summed E-state index contributed by atoms with van der Waals surface area (Å²) in [7, 11) is 0. The van der Waals surface area contributed by atoms with Gasteiger partial charge >= 0.3 is 0 Å². The first kappa shape index (κ1) is 16.4. The molecule has 0 aliphatic carbocycles. The van der Waals surface area contributed by atoms with Gasteiger partial charge < -0.3 is 10.1 Å². The van der Waals surface area contributed by atoms with Crippen molar-refractivity contribution in [2.45, 2.75) is 53.0 Å². The molecule has 1 fully saturated rings. The van der Waals surface area contributed by atoms with E-state index in [9.17, 15) is 0 Å². The molecule has 21 heavy (non-hydrogen) atoms. The molecule has 2 atom stereocenters. The van der Waals surface area contributed by atoms with Crippen LogP contribution in [0.5, 0.6) is 0 Å². The Morgan fingerprint density at radius 3 is 2.57 bits per heavy atom. The maximum atomic E-state index is 5.78. The Morgan fingerprint density at radius 2 is 1.90 bits per heavy atom. The fraction of sp³-hybridized carbons (Fsp3) is 0.706. The number of aromatic nitrogens is 1. The summed E-state index contributed by atoms with van der Waals surface area (Å²) in [5, 5.41) is 3.45. The molecule has 0 spiro atoms. The minimum Gasteiger partial charge on any atom is -0.373 e. The van der Waals surface area contributed by atoms with Gasteiger partial charge in [0.15, 0.2) is 0 Å². The Kier molecular flexibility index (Phi) is 6.15. The molecular weight excluding hydrogens is 262 g/mol. The van der Waals surface area contributed by atoms with E-state index in [1.165, 1.54) is 0 Å². The fourth-order valence-electron chi connectivity index (χ4n) is 2.85. The largest absolute Gasteiger partial charge is 0.373 e. The summed E-state index contributed by atoms with van der Waals surface area (Å²) in [6, 6.07) is 6.33. The first-order valence-corrected chi connectivity index (χ1v) is 8.06. The van der Waals surface area contributed by atoms with E-state index in [-0.39, 0.29) is 0 Å². The molecule has 0 saturated carbocycles. The van der Waals surface area contributed by atoms with E-state index in [4.69, 9.17) is 9.72 Å². The highest BCUT2D eigenvalue weighted by Crippen LogP contribution is 2.13. The lowest BCUT2D eigenvalue weighted by Crippen LogP contribution is -2.44. The van der Waals surface area contributed by atoms with Crippen molar-refractivity contribution in [1.29, 1.82) is 0 Å². The second-order valence-electron chi connectivity index (χ2n) is 6.60. The second kappa shape index (κ2) is 7.87. The van der Waals surface area contributed by atoms with Gasteiger partial charge in [-0.25, -0.2) is 0 Å². The van der Waals surface area contributed by atoms with Crippen LogP contribution in [0.3, 0.4) is 0 Å². The van der Waals surface area contributed by atoms with Crippen molar-refractivity contribution in [2.24, 2.45) is 5.92 Å². The summed E-state index contributed by atoms with van der Waals surface area (Å²) in [5.41, 5.74) is 2.28. The van der Waals surface area contributed by atoms with Crippen molar-refractivity contribution in [2.75, 3.05) is 19.6 Å². The minimum absolute atomic E-state index is 0.310. The summed E-state index contributed by atoms with van der Waals surface area (Å²) in [6.45, 7) is 13.5. The van der Waals surface area contributed by atoms with Crippen molar-refractivity contribution in [1.82, 2.24) is 15.2 Å². The quantitative estimate of drug-likeness (QED) is 0.873. The normalized spacial score (nSPS) is 23.7. The van der Waals surface area contributed by atoms with Crippen LogP contribution in [-0.2, 0) is 17.8 Å². The van der Waals surface area contributed by atoms with E-state index in [0.717, 1.165) is 44.1 Å². The minimum atomic E-state index is 0.310. The van der Waals surface area contributed by atoms with Crippen LogP contribution in [0.2, 0.25) is 0 Å². The first-order chi connectivity index (χ1) is 10.0. The lowest BCUT2D eigenvalue weighted by Gasteiger charge is -2.35. The maximum absolute atomic E-state index is 5.78. The van der Waals surface area contributed by atoms with Crippen LogP contribution in [0.25, 0.3) is 0 Å². The average Bonchev–Trinajstić information content (AvgIpc) is 2.37. The number of pyridine rings is 1. The topological polar surface area (TPSA) is 37.4 Å². The predicted octanol–water partition coefficient (Wildman–Crippen LogP) is 2.44. The molecule has 0 aromatic carbocycles. The van der Waals surface area contributed by atoms with Crippen LogP contribution in [0.15, 0.2) is 18.2 Å². The van der Waals surface area contributed by atoms with Gasteiger partial charge in [-0.15, -0.1) is 0 Å². The van der Waals surface area contributed by atoms with Crippen LogP contribution in [0, 0.1) is 5.92 Å². The third-order valence-corrected chi connectivity index (χ3v) is 3.60. The summed E-state index contributed by atoms with van der Waals surface area (Å²) in [5.74, 6) is 0.671. The molecule has 1 saturated heterocycles. The van der Waals surface area contributed by atoms with Crippen molar-refractivity contribution >= 4 is 0 Å². The highest BCUT2D eigenvalue weighted by Gasteiger charge is 2.22. The van der Waals surface area contributed by atoms with E-state index < -0.39 is 0 Å². The van der Waals surface area contributed by atoms with Crippen molar-refractivity contribution < 1.29 is 4.74 Å². The van der Waals surface area contributed by atoms with Gasteiger partial charge in [0.25, 0.3) is 0 Å². The maximum Gasteiger partial charge on any atom is 0.0678 e. The first-order valence-electron chi connectivity index (χ1n) is 8.06. The Balaban J connectivity index is 1.88. The fourth-order valence-corrected chi connectivity index (χ4v) is 2.85. The summed E-state index contributed by atoms with van der Waals surface area (Å²) in [6.07, 6.45) is 0.620. The number of nitrogens with zero attached hydrogens (tertiary/aromatic N) is 2. The van der Waals surface area contributed by atoms with Gasteiger partial charge in [-0.05, 0) is 38.4 Å². The molecule has 0 unspecified atom stereocenters. The predicted molar refractivity (Wildman–Crippen MR) is 86.1 cm³/mol. The molecule has 0 amide bonds. The zero-order valence-corrected chi connectivity index (χ0v) is 13.8. The van der Waals surface area contributed by atoms with E-state index in [0.29, 0.717) is 18.1 Å². The molecule has 118 valence electrons. The van der Waals surface area contributed by atoms with Gasteiger partial charge in [-0.3, -0.25) is 9.88 Å². The van der Waals surface area contributed by atoms with Gasteiger partial charge in [-0.2, -0.15) is 0 Å². The lowest BCUT2D eigenvalue weighted by molar-refractivity contribution is -0.0707. The van der Waals surface area contributed by atoms with Gasteiger partial charge in [-0.1, -0.05) is 19.9 Å². The van der Waals surface area contributed by atoms with Gasteiger partial charge in [0, 0.05) is 26.2 Å². The molecule has 1 aromatic rings. The van der Waals surface area contributed by atoms with E-state index in [1.54, 1.807) is 0 Å².